The summed E-state index contributed by atoms with van der Waals surface area (Å²) in [4.78, 5) is 31.8. The van der Waals surface area contributed by atoms with Crippen LogP contribution in [0.25, 0.3) is 17.4 Å². The zero-order valence-electron chi connectivity index (χ0n) is 19.6. The summed E-state index contributed by atoms with van der Waals surface area (Å²) in [5, 5.41) is 0.818. The van der Waals surface area contributed by atoms with E-state index in [1.165, 1.54) is 15.9 Å². The number of carbonyl (C=O) groups excluding carboxylic acids is 1. The van der Waals surface area contributed by atoms with Gasteiger partial charge >= 0.3 is 5.97 Å². The van der Waals surface area contributed by atoms with E-state index < -0.39 is 12.0 Å². The maximum atomic E-state index is 13.7. The molecule has 6 nitrogen and oxygen atoms in total. The highest BCUT2D eigenvalue weighted by Gasteiger charge is 2.35. The minimum Gasteiger partial charge on any atom is -0.463 e. The average molecular weight is 618 g/mol. The second kappa shape index (κ2) is 10.5. The van der Waals surface area contributed by atoms with Crippen LogP contribution in [0.5, 0.6) is 0 Å². The van der Waals surface area contributed by atoms with Gasteiger partial charge in [0.1, 0.15) is 17.6 Å². The molecule has 0 bridgehead atoms. The van der Waals surface area contributed by atoms with E-state index in [0.717, 1.165) is 10.0 Å². The number of allylic oxidation sites excluding steroid dienone is 1. The van der Waals surface area contributed by atoms with Crippen molar-refractivity contribution in [2.24, 2.45) is 4.99 Å². The summed E-state index contributed by atoms with van der Waals surface area (Å²) in [5.41, 5.74) is 2.00. The first kappa shape index (κ1) is 25.7. The molecule has 0 aliphatic carbocycles. The number of ether oxygens (including phenoxy) is 1. The second-order valence-corrected chi connectivity index (χ2v) is 10.9. The standard InChI is InChI=1S/C27H19BrCl2N2O4S/c1-3-35-26(34)23-14(2)31-27-32(25(33)22(37-27)12-15-5-4-6-17(28)11-15)24(23)21-10-9-20(36-21)16-7-8-18(29)19(30)13-16/h4-13,24H,3H2,1-2H3/b22-12-/t24-/m0/s1. The number of aromatic nitrogens is 1. The highest BCUT2D eigenvalue weighted by Crippen LogP contribution is 2.35. The van der Waals surface area contributed by atoms with Crippen molar-refractivity contribution in [3.8, 4) is 11.3 Å². The number of furan rings is 1. The third-order valence-corrected chi connectivity index (χ3v) is 7.98. The predicted molar refractivity (Wildman–Crippen MR) is 149 cm³/mol. The first-order chi connectivity index (χ1) is 17.8. The molecule has 10 heteroatoms. The molecule has 0 saturated carbocycles. The number of hydrogen-bond donors (Lipinski definition) is 0. The molecule has 5 rings (SSSR count). The van der Waals surface area contributed by atoms with Crippen molar-refractivity contribution in [3.05, 3.63) is 111 Å². The van der Waals surface area contributed by atoms with E-state index >= 15 is 0 Å². The van der Waals surface area contributed by atoms with Crippen molar-refractivity contribution < 1.29 is 13.9 Å². The SMILES string of the molecule is CCOC(=O)C1=C(C)N=c2s/c(=C\c3cccc(Br)c3)c(=O)n2[C@H]1c1ccc(-c2ccc(Cl)c(Cl)c2)o1. The lowest BCUT2D eigenvalue weighted by Gasteiger charge is -2.22. The first-order valence-corrected chi connectivity index (χ1v) is 13.6. The Balaban J connectivity index is 1.69. The highest BCUT2D eigenvalue weighted by atomic mass is 79.9. The molecule has 0 radical (unpaired) electrons. The molecule has 4 aromatic rings. The summed E-state index contributed by atoms with van der Waals surface area (Å²) in [6, 6.07) is 15.5. The molecule has 188 valence electrons. The van der Waals surface area contributed by atoms with Crippen molar-refractivity contribution in [3.63, 3.8) is 0 Å². The molecule has 1 aliphatic heterocycles. The third kappa shape index (κ3) is 4.99. The molecule has 0 N–H and O–H groups in total. The van der Waals surface area contributed by atoms with Gasteiger partial charge in [-0.05, 0) is 68.0 Å². The Morgan fingerprint density at radius 2 is 2.00 bits per heavy atom. The Bertz CT molecular complexity index is 1750. The quantitative estimate of drug-likeness (QED) is 0.253. The molecule has 2 aromatic heterocycles. The van der Waals surface area contributed by atoms with E-state index in [1.807, 2.05) is 24.3 Å². The highest BCUT2D eigenvalue weighted by molar-refractivity contribution is 9.10. The fourth-order valence-electron chi connectivity index (χ4n) is 4.11. The number of carbonyl (C=O) groups is 1. The molecule has 0 spiro atoms. The van der Waals surface area contributed by atoms with Crippen LogP contribution in [0.3, 0.4) is 0 Å². The summed E-state index contributed by atoms with van der Waals surface area (Å²) >= 11 is 17.0. The van der Waals surface area contributed by atoms with Gasteiger partial charge in [0, 0.05) is 10.0 Å². The smallest absolute Gasteiger partial charge is 0.338 e. The summed E-state index contributed by atoms with van der Waals surface area (Å²) < 4.78 is 14.4. The number of nitrogens with zero attached hydrogens (tertiary/aromatic N) is 2. The maximum absolute atomic E-state index is 13.7. The van der Waals surface area contributed by atoms with Gasteiger partial charge in [0.2, 0.25) is 0 Å². The van der Waals surface area contributed by atoms with Crippen LogP contribution in [0, 0.1) is 0 Å². The Labute approximate surface area is 234 Å². The van der Waals surface area contributed by atoms with Crippen molar-refractivity contribution in [2.75, 3.05) is 6.61 Å². The van der Waals surface area contributed by atoms with Gasteiger partial charge in [-0.25, -0.2) is 9.79 Å². The maximum Gasteiger partial charge on any atom is 0.338 e. The van der Waals surface area contributed by atoms with Crippen LogP contribution in [0.15, 0.2) is 84.5 Å². The van der Waals surface area contributed by atoms with Gasteiger partial charge in [-0.2, -0.15) is 0 Å². The van der Waals surface area contributed by atoms with E-state index in [0.29, 0.717) is 42.2 Å². The average Bonchev–Trinajstić information content (AvgIpc) is 3.45. The van der Waals surface area contributed by atoms with Crippen LogP contribution in [0.4, 0.5) is 0 Å². The topological polar surface area (TPSA) is 73.8 Å². The lowest BCUT2D eigenvalue weighted by Crippen LogP contribution is -2.39. The van der Waals surface area contributed by atoms with Gasteiger partial charge in [-0.15, -0.1) is 0 Å². The number of rotatable bonds is 5. The Morgan fingerprint density at radius 1 is 1.19 bits per heavy atom. The van der Waals surface area contributed by atoms with Gasteiger partial charge in [0.25, 0.3) is 5.56 Å². The first-order valence-electron chi connectivity index (χ1n) is 11.3. The lowest BCUT2D eigenvalue weighted by molar-refractivity contribution is -0.139. The van der Waals surface area contributed by atoms with Gasteiger partial charge < -0.3 is 9.15 Å². The molecule has 0 unspecified atom stereocenters. The lowest BCUT2D eigenvalue weighted by atomic mass is 10.0. The Hall–Kier alpha value is -2.91. The van der Waals surface area contributed by atoms with Crippen LogP contribution in [-0.2, 0) is 9.53 Å². The molecular formula is C27H19BrCl2N2O4S. The largest absolute Gasteiger partial charge is 0.463 e. The molecule has 0 amide bonds. The van der Waals surface area contributed by atoms with Crippen LogP contribution >= 0.6 is 50.5 Å². The number of hydrogen-bond acceptors (Lipinski definition) is 6. The third-order valence-electron chi connectivity index (χ3n) is 5.76. The number of thiazole rings is 1. The van der Waals surface area contributed by atoms with Gasteiger partial charge in [-0.3, -0.25) is 9.36 Å². The summed E-state index contributed by atoms with van der Waals surface area (Å²) in [6.45, 7) is 3.64. The molecule has 0 fully saturated rings. The molecule has 2 aromatic carbocycles. The van der Waals surface area contributed by atoms with Gasteiger partial charge in [0.15, 0.2) is 4.80 Å². The van der Waals surface area contributed by atoms with Gasteiger partial charge in [0.05, 0.1) is 32.5 Å². The zero-order chi connectivity index (χ0) is 26.3. The monoisotopic (exact) mass is 616 g/mol. The van der Waals surface area contributed by atoms with Crippen molar-refractivity contribution in [1.29, 1.82) is 0 Å². The van der Waals surface area contributed by atoms with E-state index in [-0.39, 0.29) is 17.7 Å². The summed E-state index contributed by atoms with van der Waals surface area (Å²) in [5.74, 6) is 0.360. The second-order valence-electron chi connectivity index (χ2n) is 8.19. The summed E-state index contributed by atoms with van der Waals surface area (Å²) in [6.07, 6.45) is 1.80. The molecule has 1 aliphatic rings. The fraction of sp³-hybridized carbons (Fsp3) is 0.148. The van der Waals surface area contributed by atoms with Crippen molar-refractivity contribution >= 4 is 62.5 Å². The Kier molecular flexibility index (Phi) is 7.27. The number of fused-ring (bicyclic) bond motifs is 1. The molecular weight excluding hydrogens is 599 g/mol. The van der Waals surface area contributed by atoms with E-state index in [9.17, 15) is 9.59 Å². The normalized spacial score (nSPS) is 15.5. The van der Waals surface area contributed by atoms with E-state index in [4.69, 9.17) is 32.4 Å². The number of halogens is 3. The molecule has 3 heterocycles. The number of benzene rings is 2. The number of esters is 1. The zero-order valence-corrected chi connectivity index (χ0v) is 23.5. The predicted octanol–water partition coefficient (Wildman–Crippen LogP) is 6.13. The van der Waals surface area contributed by atoms with Crippen molar-refractivity contribution in [2.45, 2.75) is 19.9 Å². The van der Waals surface area contributed by atoms with Crippen LogP contribution in [0.1, 0.15) is 31.2 Å². The van der Waals surface area contributed by atoms with E-state index in [2.05, 4.69) is 20.9 Å². The molecule has 1 atom stereocenters. The van der Waals surface area contributed by atoms with Crippen LogP contribution in [-0.4, -0.2) is 17.1 Å². The van der Waals surface area contributed by atoms with Crippen molar-refractivity contribution in [1.82, 2.24) is 4.57 Å². The minimum atomic E-state index is -0.850. The fourth-order valence-corrected chi connectivity index (χ4v) is 5.87. The van der Waals surface area contributed by atoms with Gasteiger partial charge in [-0.1, -0.05) is 62.6 Å². The summed E-state index contributed by atoms with van der Waals surface area (Å²) in [7, 11) is 0. The van der Waals surface area contributed by atoms with Crippen LogP contribution in [0.2, 0.25) is 10.0 Å². The minimum absolute atomic E-state index is 0.183. The van der Waals surface area contributed by atoms with Crippen LogP contribution < -0.4 is 14.9 Å². The Morgan fingerprint density at radius 3 is 2.73 bits per heavy atom. The molecule has 0 saturated heterocycles. The van der Waals surface area contributed by atoms with E-state index in [1.54, 1.807) is 50.3 Å². The molecule has 37 heavy (non-hydrogen) atoms.